The Morgan fingerprint density at radius 2 is 2.32 bits per heavy atom. The molecule has 0 spiro atoms. The molecule has 0 aromatic heterocycles. The van der Waals surface area contributed by atoms with Crippen molar-refractivity contribution >= 4 is 11.8 Å². The Morgan fingerprint density at radius 3 is 3.00 bits per heavy atom. The van der Waals surface area contributed by atoms with E-state index < -0.39 is 0 Å². The van der Waals surface area contributed by atoms with Gasteiger partial charge in [-0.25, -0.2) is 0 Å². The largest absolute Gasteiger partial charge is 0.493 e. The molecule has 0 saturated carbocycles. The zero-order chi connectivity index (χ0) is 13.5. The molecule has 1 aliphatic rings. The molecule has 0 bridgehead atoms. The number of benzene rings is 1. The number of methoxy groups -OCH3 is 1. The van der Waals surface area contributed by atoms with E-state index in [0.717, 1.165) is 18.0 Å². The van der Waals surface area contributed by atoms with E-state index in [-0.39, 0.29) is 0 Å². The second-order valence-electron chi connectivity index (χ2n) is 4.68. The summed E-state index contributed by atoms with van der Waals surface area (Å²) in [6.07, 6.45) is 2.60. The molecular formula is C15H23NO2S. The summed E-state index contributed by atoms with van der Waals surface area (Å²) in [4.78, 5) is 0. The van der Waals surface area contributed by atoms with Gasteiger partial charge in [0, 0.05) is 23.9 Å². The Labute approximate surface area is 120 Å². The lowest BCUT2D eigenvalue weighted by molar-refractivity contribution is 0.308. The maximum Gasteiger partial charge on any atom is 0.165 e. The molecule has 2 rings (SSSR count). The molecule has 1 unspecified atom stereocenters. The van der Waals surface area contributed by atoms with Gasteiger partial charge in [0.15, 0.2) is 11.5 Å². The highest BCUT2D eigenvalue weighted by molar-refractivity contribution is 7.99. The average molecular weight is 281 g/mol. The fourth-order valence-corrected chi connectivity index (χ4v) is 3.46. The van der Waals surface area contributed by atoms with Crippen molar-refractivity contribution in [2.24, 2.45) is 0 Å². The van der Waals surface area contributed by atoms with Gasteiger partial charge < -0.3 is 14.8 Å². The third-order valence-corrected chi connectivity index (χ3v) is 4.52. The minimum atomic E-state index is 0.624. The molecule has 19 heavy (non-hydrogen) atoms. The lowest BCUT2D eigenvalue weighted by Crippen LogP contribution is -2.33. The molecular weight excluding hydrogens is 258 g/mol. The maximum atomic E-state index is 5.60. The minimum absolute atomic E-state index is 0.624. The first-order valence-electron chi connectivity index (χ1n) is 6.95. The van der Waals surface area contributed by atoms with Crippen LogP contribution in [0, 0.1) is 0 Å². The molecule has 3 nitrogen and oxygen atoms in total. The molecule has 1 heterocycles. The van der Waals surface area contributed by atoms with Crippen molar-refractivity contribution in [3.05, 3.63) is 23.8 Å². The summed E-state index contributed by atoms with van der Waals surface area (Å²) >= 11 is 2.04. The fraction of sp³-hybridized carbons (Fsp3) is 0.600. The van der Waals surface area contributed by atoms with E-state index >= 15 is 0 Å². The zero-order valence-corrected chi connectivity index (χ0v) is 12.6. The zero-order valence-electron chi connectivity index (χ0n) is 11.8. The minimum Gasteiger partial charge on any atom is -0.493 e. The molecule has 4 heteroatoms. The molecule has 106 valence electrons. The van der Waals surface area contributed by atoms with Gasteiger partial charge in [0.2, 0.25) is 0 Å². The molecule has 1 aromatic carbocycles. The van der Waals surface area contributed by atoms with Gasteiger partial charge in [-0.3, -0.25) is 0 Å². The van der Waals surface area contributed by atoms with Gasteiger partial charge in [-0.2, -0.15) is 11.8 Å². The van der Waals surface area contributed by atoms with Gasteiger partial charge in [-0.05, 0) is 31.6 Å². The van der Waals surface area contributed by atoms with Crippen molar-refractivity contribution in [1.82, 2.24) is 5.32 Å². The highest BCUT2D eigenvalue weighted by Crippen LogP contribution is 2.31. The Bertz CT molecular complexity index is 392. The molecule has 0 amide bonds. The number of hydrogen-bond acceptors (Lipinski definition) is 4. The lowest BCUT2D eigenvalue weighted by atomic mass is 10.1. The number of hydrogen-bond donors (Lipinski definition) is 1. The van der Waals surface area contributed by atoms with E-state index in [9.17, 15) is 0 Å². The molecule has 1 N–H and O–H groups in total. The highest BCUT2D eigenvalue weighted by Gasteiger charge is 2.15. The van der Waals surface area contributed by atoms with Crippen molar-refractivity contribution in [3.63, 3.8) is 0 Å². The first-order valence-corrected chi connectivity index (χ1v) is 8.10. The summed E-state index contributed by atoms with van der Waals surface area (Å²) < 4.78 is 11.1. The normalized spacial score (nSPS) is 19.2. The van der Waals surface area contributed by atoms with Crippen LogP contribution >= 0.6 is 11.8 Å². The first-order chi connectivity index (χ1) is 9.35. The van der Waals surface area contributed by atoms with Gasteiger partial charge in [0.25, 0.3) is 0 Å². The van der Waals surface area contributed by atoms with Crippen LogP contribution in [0.1, 0.15) is 25.3 Å². The predicted molar refractivity (Wildman–Crippen MR) is 81.3 cm³/mol. The Balaban J connectivity index is 2.00. The van der Waals surface area contributed by atoms with Gasteiger partial charge in [-0.1, -0.05) is 12.1 Å². The van der Waals surface area contributed by atoms with Crippen LogP contribution in [0.3, 0.4) is 0 Å². The van der Waals surface area contributed by atoms with Crippen LogP contribution in [-0.4, -0.2) is 31.3 Å². The maximum absolute atomic E-state index is 5.60. The number of ether oxygens (including phenoxy) is 2. The van der Waals surface area contributed by atoms with E-state index in [2.05, 4.69) is 11.4 Å². The molecule has 1 saturated heterocycles. The number of nitrogens with one attached hydrogen (secondary N) is 1. The Kier molecular flexibility index (Phi) is 5.86. The summed E-state index contributed by atoms with van der Waals surface area (Å²) in [5.74, 6) is 4.22. The van der Waals surface area contributed by atoms with E-state index in [1.807, 2.05) is 30.8 Å². The number of para-hydroxylation sites is 1. The monoisotopic (exact) mass is 281 g/mol. The Morgan fingerprint density at radius 1 is 1.42 bits per heavy atom. The predicted octanol–water partition coefficient (Wildman–Crippen LogP) is 3.08. The van der Waals surface area contributed by atoms with Crippen LogP contribution in [0.5, 0.6) is 11.5 Å². The second kappa shape index (κ2) is 7.65. The quantitative estimate of drug-likeness (QED) is 0.868. The summed E-state index contributed by atoms with van der Waals surface area (Å²) in [7, 11) is 1.71. The summed E-state index contributed by atoms with van der Waals surface area (Å²) in [6, 6.07) is 6.71. The SMILES string of the molecule is CCOc1cccc(CNC2CCCSC2)c1OC. The number of thioether (sulfide) groups is 1. The van der Waals surface area contributed by atoms with Gasteiger partial charge in [-0.15, -0.1) is 0 Å². The first kappa shape index (κ1) is 14.5. The van der Waals surface area contributed by atoms with Crippen LogP contribution in [0.2, 0.25) is 0 Å². The van der Waals surface area contributed by atoms with E-state index in [4.69, 9.17) is 9.47 Å². The molecule has 0 radical (unpaired) electrons. The molecule has 1 aliphatic heterocycles. The van der Waals surface area contributed by atoms with E-state index in [1.165, 1.54) is 29.9 Å². The lowest BCUT2D eigenvalue weighted by Gasteiger charge is -2.23. The topological polar surface area (TPSA) is 30.5 Å². The smallest absolute Gasteiger partial charge is 0.165 e. The molecule has 1 aromatic rings. The second-order valence-corrected chi connectivity index (χ2v) is 5.83. The highest BCUT2D eigenvalue weighted by atomic mass is 32.2. The standard InChI is InChI=1S/C15H23NO2S/c1-3-18-14-8-4-6-12(15(14)17-2)10-16-13-7-5-9-19-11-13/h4,6,8,13,16H,3,5,7,9-11H2,1-2H3. The number of rotatable bonds is 6. The third kappa shape index (κ3) is 4.05. The van der Waals surface area contributed by atoms with E-state index in [1.54, 1.807) is 7.11 Å². The van der Waals surface area contributed by atoms with E-state index in [0.29, 0.717) is 12.6 Å². The summed E-state index contributed by atoms with van der Waals surface area (Å²) in [5.41, 5.74) is 1.17. The van der Waals surface area contributed by atoms with Crippen molar-refractivity contribution in [2.75, 3.05) is 25.2 Å². The Hall–Kier alpha value is -0.870. The molecule has 0 aliphatic carbocycles. The van der Waals surface area contributed by atoms with Gasteiger partial charge >= 0.3 is 0 Å². The van der Waals surface area contributed by atoms with Crippen molar-refractivity contribution in [2.45, 2.75) is 32.4 Å². The molecule has 1 atom stereocenters. The average Bonchev–Trinajstić information content (AvgIpc) is 2.46. The van der Waals surface area contributed by atoms with Crippen LogP contribution in [0.25, 0.3) is 0 Å². The van der Waals surface area contributed by atoms with Crippen LogP contribution in [0.4, 0.5) is 0 Å². The fourth-order valence-electron chi connectivity index (χ4n) is 2.36. The summed E-state index contributed by atoms with van der Waals surface area (Å²) in [6.45, 7) is 3.49. The van der Waals surface area contributed by atoms with Crippen molar-refractivity contribution in [3.8, 4) is 11.5 Å². The van der Waals surface area contributed by atoms with Crippen LogP contribution in [-0.2, 0) is 6.54 Å². The van der Waals surface area contributed by atoms with Crippen LogP contribution in [0.15, 0.2) is 18.2 Å². The molecule has 1 fully saturated rings. The summed E-state index contributed by atoms with van der Waals surface area (Å²) in [5, 5.41) is 3.63. The van der Waals surface area contributed by atoms with Crippen molar-refractivity contribution in [1.29, 1.82) is 0 Å². The van der Waals surface area contributed by atoms with Gasteiger partial charge in [0.1, 0.15) is 0 Å². The van der Waals surface area contributed by atoms with Crippen LogP contribution < -0.4 is 14.8 Å². The van der Waals surface area contributed by atoms with Crippen molar-refractivity contribution < 1.29 is 9.47 Å². The van der Waals surface area contributed by atoms with Gasteiger partial charge in [0.05, 0.1) is 13.7 Å². The third-order valence-electron chi connectivity index (χ3n) is 3.31.